The summed E-state index contributed by atoms with van der Waals surface area (Å²) in [6.07, 6.45) is 6.54. The minimum absolute atomic E-state index is 0.0561. The van der Waals surface area contributed by atoms with E-state index in [9.17, 15) is 21.6 Å². The molecule has 8 heteroatoms. The highest BCUT2D eigenvalue weighted by atomic mass is 32.2. The van der Waals surface area contributed by atoms with E-state index in [1.807, 2.05) is 46.8 Å². The number of hydrogen-bond acceptors (Lipinski definition) is 6. The Balaban J connectivity index is 2.12. The van der Waals surface area contributed by atoms with E-state index < -0.39 is 36.1 Å². The van der Waals surface area contributed by atoms with Gasteiger partial charge in [-0.2, -0.15) is 0 Å². The van der Waals surface area contributed by atoms with Crippen LogP contribution in [0.5, 0.6) is 0 Å². The van der Waals surface area contributed by atoms with Gasteiger partial charge in [0.1, 0.15) is 6.61 Å². The van der Waals surface area contributed by atoms with Gasteiger partial charge in [0, 0.05) is 6.92 Å². The molecule has 1 aliphatic carbocycles. The molecule has 0 amide bonds. The van der Waals surface area contributed by atoms with Crippen molar-refractivity contribution in [1.29, 1.82) is 0 Å². The van der Waals surface area contributed by atoms with Gasteiger partial charge in [-0.15, -0.1) is 0 Å². The molecule has 2 aromatic rings. The second-order valence-electron chi connectivity index (χ2n) is 12.9. The minimum atomic E-state index is -3.82. The summed E-state index contributed by atoms with van der Waals surface area (Å²) in [6, 6.07) is 13.7. The van der Waals surface area contributed by atoms with Gasteiger partial charge >= 0.3 is 5.97 Å². The summed E-state index contributed by atoms with van der Waals surface area (Å²) in [5.74, 6) is -0.412. The summed E-state index contributed by atoms with van der Waals surface area (Å²) < 4.78 is 61.8. The van der Waals surface area contributed by atoms with Crippen molar-refractivity contribution in [2.75, 3.05) is 6.61 Å². The summed E-state index contributed by atoms with van der Waals surface area (Å²) in [5, 5.41) is -1.75. The first-order chi connectivity index (χ1) is 20.4. The SMILES string of the molecule is CC(=O)OC/C=C(\C)CC(/C=C(\C)CC(C1=C(C)CCCC1(C)C)S(=O)(=O)c1ccc(C)cc1)S(=O)(=O)c1ccc(C)cc1. The smallest absolute Gasteiger partial charge is 0.302 e. The number of esters is 1. The highest BCUT2D eigenvalue weighted by Gasteiger charge is 2.41. The van der Waals surface area contributed by atoms with Crippen molar-refractivity contribution in [1.82, 2.24) is 0 Å². The van der Waals surface area contributed by atoms with Crippen LogP contribution in [0.3, 0.4) is 0 Å². The monoisotopic (exact) mass is 640 g/mol. The molecule has 0 spiro atoms. The normalized spacial score (nSPS) is 17.7. The highest BCUT2D eigenvalue weighted by Crippen LogP contribution is 2.46. The van der Waals surface area contributed by atoms with Gasteiger partial charge in [0.05, 0.1) is 20.3 Å². The zero-order valence-electron chi connectivity index (χ0n) is 27.4. The van der Waals surface area contributed by atoms with Crippen LogP contribution in [0.2, 0.25) is 0 Å². The Bertz CT molecular complexity index is 1640. The second kappa shape index (κ2) is 14.4. The first-order valence-corrected chi connectivity index (χ1v) is 18.3. The predicted molar refractivity (Wildman–Crippen MR) is 178 cm³/mol. The Kier molecular flexibility index (Phi) is 11.6. The first kappa shape index (κ1) is 35.5. The quantitative estimate of drug-likeness (QED) is 0.172. The molecule has 0 saturated carbocycles. The number of allylic oxidation sites excluding steroid dienone is 3. The largest absolute Gasteiger partial charge is 0.462 e. The maximum atomic E-state index is 14.4. The van der Waals surface area contributed by atoms with Gasteiger partial charge in [-0.25, -0.2) is 16.8 Å². The third-order valence-electron chi connectivity index (χ3n) is 8.56. The summed E-state index contributed by atoms with van der Waals surface area (Å²) in [7, 11) is -7.62. The number of carbonyl (C=O) groups excluding carboxylic acids is 1. The summed E-state index contributed by atoms with van der Waals surface area (Å²) in [4.78, 5) is 11.7. The zero-order valence-corrected chi connectivity index (χ0v) is 29.1. The number of hydrogen-bond donors (Lipinski definition) is 0. The average Bonchev–Trinajstić information content (AvgIpc) is 2.92. The average molecular weight is 641 g/mol. The molecule has 2 aromatic carbocycles. The molecular formula is C36H48O6S2. The Morgan fingerprint density at radius 1 is 0.818 bits per heavy atom. The molecule has 0 saturated heterocycles. The van der Waals surface area contributed by atoms with E-state index in [1.54, 1.807) is 48.6 Å². The minimum Gasteiger partial charge on any atom is -0.462 e. The maximum absolute atomic E-state index is 14.4. The third kappa shape index (κ3) is 8.81. The number of carbonyl (C=O) groups is 1. The molecule has 2 atom stereocenters. The second-order valence-corrected chi connectivity index (χ2v) is 17.2. The molecule has 6 nitrogen and oxygen atoms in total. The summed E-state index contributed by atoms with van der Waals surface area (Å²) in [6.45, 7) is 15.1. The number of rotatable bonds is 12. The Labute approximate surface area is 265 Å². The van der Waals surface area contributed by atoms with E-state index in [1.165, 1.54) is 6.92 Å². The fourth-order valence-corrected chi connectivity index (χ4v) is 10.1. The Morgan fingerprint density at radius 3 is 1.84 bits per heavy atom. The molecule has 0 bridgehead atoms. The lowest BCUT2D eigenvalue weighted by molar-refractivity contribution is -0.139. The molecule has 0 fully saturated rings. The number of ether oxygens (including phenoxy) is 1. The van der Waals surface area contributed by atoms with Gasteiger partial charge in [-0.1, -0.05) is 72.0 Å². The molecule has 0 aliphatic heterocycles. The molecular weight excluding hydrogens is 593 g/mol. The van der Waals surface area contributed by atoms with E-state index in [0.717, 1.165) is 47.1 Å². The van der Waals surface area contributed by atoms with E-state index in [0.29, 0.717) is 5.57 Å². The number of aryl methyl sites for hydroxylation is 2. The Hall–Kier alpha value is -2.97. The summed E-state index contributed by atoms with van der Waals surface area (Å²) in [5.41, 5.74) is 5.11. The molecule has 1 aliphatic rings. The zero-order chi connectivity index (χ0) is 32.9. The standard InChI is InChI=1S/C36H48O6S2/c1-25-11-15-31(16-12-25)43(38,39)33(22-27(3)19-21-42-30(6)37)23-28(4)24-34(35-29(5)10-9-20-36(35,7)8)44(40,41)32-17-13-26(2)14-18-32/h11-19,23,33-34H,9-10,20-22,24H2,1-8H3/b27-19+,28-23+. The van der Waals surface area contributed by atoms with Crippen LogP contribution in [0.1, 0.15) is 84.8 Å². The lowest BCUT2D eigenvalue weighted by atomic mass is 9.70. The van der Waals surface area contributed by atoms with E-state index in [4.69, 9.17) is 4.74 Å². The van der Waals surface area contributed by atoms with Crippen molar-refractivity contribution >= 4 is 25.6 Å². The van der Waals surface area contributed by atoms with Crippen LogP contribution < -0.4 is 0 Å². The molecule has 0 radical (unpaired) electrons. The topological polar surface area (TPSA) is 94.6 Å². The van der Waals surface area contributed by atoms with Crippen LogP contribution in [0.15, 0.2) is 92.8 Å². The predicted octanol–water partition coefficient (Wildman–Crippen LogP) is 8.05. The van der Waals surface area contributed by atoms with Gasteiger partial charge in [0.15, 0.2) is 19.7 Å². The van der Waals surface area contributed by atoms with Gasteiger partial charge < -0.3 is 4.74 Å². The van der Waals surface area contributed by atoms with Crippen LogP contribution >= 0.6 is 0 Å². The molecule has 0 aromatic heterocycles. The molecule has 240 valence electrons. The van der Waals surface area contributed by atoms with Gasteiger partial charge in [-0.3, -0.25) is 4.79 Å². The van der Waals surface area contributed by atoms with Crippen molar-refractivity contribution in [2.45, 2.75) is 108 Å². The van der Waals surface area contributed by atoms with Gasteiger partial charge in [0.2, 0.25) is 0 Å². The number of benzene rings is 2. The third-order valence-corrected chi connectivity index (χ3v) is 12.7. The van der Waals surface area contributed by atoms with Crippen LogP contribution in [0.4, 0.5) is 0 Å². The fourth-order valence-electron chi connectivity index (χ4n) is 6.15. The molecule has 0 heterocycles. The highest BCUT2D eigenvalue weighted by molar-refractivity contribution is 7.92. The van der Waals surface area contributed by atoms with Crippen LogP contribution in [0, 0.1) is 19.3 Å². The first-order valence-electron chi connectivity index (χ1n) is 15.2. The van der Waals surface area contributed by atoms with E-state index in [-0.39, 0.29) is 34.7 Å². The van der Waals surface area contributed by atoms with Crippen molar-refractivity contribution < 1.29 is 26.4 Å². The van der Waals surface area contributed by atoms with Crippen molar-refractivity contribution in [3.05, 3.63) is 94.1 Å². The van der Waals surface area contributed by atoms with Crippen LogP contribution in [-0.4, -0.2) is 39.9 Å². The lowest BCUT2D eigenvalue weighted by Crippen LogP contribution is -2.35. The van der Waals surface area contributed by atoms with Gasteiger partial charge in [0.25, 0.3) is 0 Å². The molecule has 0 N–H and O–H groups in total. The number of sulfone groups is 2. The van der Waals surface area contributed by atoms with E-state index >= 15 is 0 Å². The van der Waals surface area contributed by atoms with Crippen molar-refractivity contribution in [3.8, 4) is 0 Å². The summed E-state index contributed by atoms with van der Waals surface area (Å²) >= 11 is 0. The van der Waals surface area contributed by atoms with Gasteiger partial charge in [-0.05, 0) is 108 Å². The van der Waals surface area contributed by atoms with E-state index in [2.05, 4.69) is 13.8 Å². The van der Waals surface area contributed by atoms with Crippen molar-refractivity contribution in [3.63, 3.8) is 0 Å². The van der Waals surface area contributed by atoms with Crippen LogP contribution in [0.25, 0.3) is 0 Å². The fraction of sp³-hybridized carbons (Fsp3) is 0.472. The molecule has 3 rings (SSSR count). The lowest BCUT2D eigenvalue weighted by Gasteiger charge is -2.39. The molecule has 2 unspecified atom stereocenters. The Morgan fingerprint density at radius 2 is 1.34 bits per heavy atom. The molecule has 44 heavy (non-hydrogen) atoms. The van der Waals surface area contributed by atoms with Crippen LogP contribution in [-0.2, 0) is 29.2 Å². The maximum Gasteiger partial charge on any atom is 0.302 e. The van der Waals surface area contributed by atoms with Crippen molar-refractivity contribution in [2.24, 2.45) is 5.41 Å².